The molecule has 1 unspecified atom stereocenters. The molecule has 3 nitrogen and oxygen atoms in total. The van der Waals surface area contributed by atoms with Gasteiger partial charge >= 0.3 is 5.92 Å². The lowest BCUT2D eigenvalue weighted by Gasteiger charge is -2.23. The van der Waals surface area contributed by atoms with E-state index in [1.807, 2.05) is 0 Å². The van der Waals surface area contributed by atoms with Gasteiger partial charge in [-0.3, -0.25) is 0 Å². The molecule has 0 amide bonds. The third-order valence-corrected chi connectivity index (χ3v) is 3.40. The monoisotopic (exact) mass is 315 g/mol. The maximum atomic E-state index is 14.3. The van der Waals surface area contributed by atoms with Crippen molar-refractivity contribution in [1.29, 1.82) is 0 Å². The van der Waals surface area contributed by atoms with Gasteiger partial charge in [0, 0.05) is 11.5 Å². The normalized spacial score (nSPS) is 13.6. The van der Waals surface area contributed by atoms with Crippen LogP contribution < -0.4 is 0 Å². The molecule has 0 aliphatic rings. The van der Waals surface area contributed by atoms with E-state index in [0.29, 0.717) is 5.56 Å². The van der Waals surface area contributed by atoms with Gasteiger partial charge in [-0.2, -0.15) is 8.78 Å². The Morgan fingerprint density at radius 3 is 2.67 bits per heavy atom. The Morgan fingerprint density at radius 1 is 1.39 bits per heavy atom. The van der Waals surface area contributed by atoms with E-state index >= 15 is 0 Å². The van der Waals surface area contributed by atoms with Crippen molar-refractivity contribution < 1.29 is 8.78 Å². The number of hydrogen-bond donors (Lipinski definition) is 0. The molecule has 0 aliphatic carbocycles. The number of aromatic nitrogens is 3. The van der Waals surface area contributed by atoms with Crippen LogP contribution >= 0.6 is 15.9 Å². The SMILES string of the molecule is CC(c1cccc(Br)c1)C(F)(F)c1nncn1C. The summed E-state index contributed by atoms with van der Waals surface area (Å²) in [5.41, 5.74) is 0.553. The van der Waals surface area contributed by atoms with Gasteiger partial charge in [0.2, 0.25) is 5.82 Å². The molecule has 0 bridgehead atoms. The Hall–Kier alpha value is -1.30. The van der Waals surface area contributed by atoms with Crippen LogP contribution in [0.2, 0.25) is 0 Å². The zero-order valence-electron chi connectivity index (χ0n) is 9.94. The molecule has 0 saturated heterocycles. The Morgan fingerprint density at radius 2 is 2.11 bits per heavy atom. The molecule has 96 valence electrons. The van der Waals surface area contributed by atoms with Crippen molar-refractivity contribution >= 4 is 15.9 Å². The fraction of sp³-hybridized carbons (Fsp3) is 0.333. The lowest BCUT2D eigenvalue weighted by atomic mass is 9.94. The number of hydrogen-bond acceptors (Lipinski definition) is 2. The summed E-state index contributed by atoms with van der Waals surface area (Å²) in [4.78, 5) is 0. The lowest BCUT2D eigenvalue weighted by molar-refractivity contribution is -0.0401. The fourth-order valence-corrected chi connectivity index (χ4v) is 2.18. The second kappa shape index (κ2) is 4.76. The summed E-state index contributed by atoms with van der Waals surface area (Å²) in [6, 6.07) is 6.91. The molecular formula is C12H12BrF2N3. The van der Waals surface area contributed by atoms with Gasteiger partial charge in [0.05, 0.1) is 5.92 Å². The van der Waals surface area contributed by atoms with Crippen molar-refractivity contribution in [2.45, 2.75) is 18.8 Å². The maximum absolute atomic E-state index is 14.3. The van der Waals surface area contributed by atoms with Crippen molar-refractivity contribution in [3.63, 3.8) is 0 Å². The number of alkyl halides is 2. The average Bonchev–Trinajstić information content (AvgIpc) is 2.75. The second-order valence-electron chi connectivity index (χ2n) is 4.17. The highest BCUT2D eigenvalue weighted by atomic mass is 79.9. The van der Waals surface area contributed by atoms with Crippen molar-refractivity contribution in [2.24, 2.45) is 7.05 Å². The highest BCUT2D eigenvalue weighted by Gasteiger charge is 2.43. The van der Waals surface area contributed by atoms with E-state index in [2.05, 4.69) is 26.1 Å². The van der Waals surface area contributed by atoms with Gasteiger partial charge in [0.1, 0.15) is 6.33 Å². The van der Waals surface area contributed by atoms with Crippen LogP contribution in [0, 0.1) is 0 Å². The standard InChI is InChI=1S/C12H12BrF2N3/c1-8(9-4-3-5-10(13)6-9)12(14,15)11-17-16-7-18(11)2/h3-8H,1-2H3. The third kappa shape index (κ3) is 2.29. The maximum Gasteiger partial charge on any atom is 0.313 e. The predicted octanol–water partition coefficient (Wildman–Crippen LogP) is 3.47. The van der Waals surface area contributed by atoms with Crippen LogP contribution in [0.1, 0.15) is 24.2 Å². The van der Waals surface area contributed by atoms with E-state index in [4.69, 9.17) is 0 Å². The molecule has 1 aromatic carbocycles. The van der Waals surface area contributed by atoms with Crippen LogP contribution in [0.5, 0.6) is 0 Å². The minimum atomic E-state index is -3.06. The number of benzene rings is 1. The van der Waals surface area contributed by atoms with Gasteiger partial charge in [-0.25, -0.2) is 0 Å². The molecule has 0 saturated carbocycles. The van der Waals surface area contributed by atoms with Crippen LogP contribution in [0.25, 0.3) is 0 Å². The molecule has 0 radical (unpaired) electrons. The van der Waals surface area contributed by atoms with Crippen molar-refractivity contribution in [1.82, 2.24) is 14.8 Å². The third-order valence-electron chi connectivity index (χ3n) is 2.90. The molecular weight excluding hydrogens is 304 g/mol. The van der Waals surface area contributed by atoms with Gasteiger partial charge in [-0.1, -0.05) is 35.0 Å². The van der Waals surface area contributed by atoms with Crippen LogP contribution in [0.4, 0.5) is 8.78 Å². The molecule has 1 aromatic heterocycles. The largest absolute Gasteiger partial charge is 0.316 e. The number of aryl methyl sites for hydroxylation is 1. The average molecular weight is 316 g/mol. The Balaban J connectivity index is 2.39. The first-order valence-corrected chi connectivity index (χ1v) is 6.20. The molecule has 1 heterocycles. The highest BCUT2D eigenvalue weighted by molar-refractivity contribution is 9.10. The number of nitrogens with zero attached hydrogens (tertiary/aromatic N) is 3. The first-order valence-electron chi connectivity index (χ1n) is 5.40. The first-order chi connectivity index (χ1) is 8.43. The summed E-state index contributed by atoms with van der Waals surface area (Å²) in [7, 11) is 1.51. The molecule has 0 N–H and O–H groups in total. The fourth-order valence-electron chi connectivity index (χ4n) is 1.76. The molecule has 0 fully saturated rings. The Kier molecular flexibility index (Phi) is 3.47. The molecule has 6 heteroatoms. The van der Waals surface area contributed by atoms with Gasteiger partial charge in [0.25, 0.3) is 0 Å². The van der Waals surface area contributed by atoms with E-state index in [1.54, 1.807) is 24.3 Å². The molecule has 0 spiro atoms. The van der Waals surface area contributed by atoms with E-state index in [-0.39, 0.29) is 5.82 Å². The van der Waals surface area contributed by atoms with Crippen LogP contribution in [-0.4, -0.2) is 14.8 Å². The quantitative estimate of drug-likeness (QED) is 0.868. The predicted molar refractivity (Wildman–Crippen MR) is 67.5 cm³/mol. The van der Waals surface area contributed by atoms with E-state index in [1.165, 1.54) is 24.9 Å². The topological polar surface area (TPSA) is 30.7 Å². The van der Waals surface area contributed by atoms with E-state index < -0.39 is 11.8 Å². The molecule has 0 aliphatic heterocycles. The summed E-state index contributed by atoms with van der Waals surface area (Å²) in [6.07, 6.45) is 1.27. The Bertz CT molecular complexity index is 554. The van der Waals surface area contributed by atoms with E-state index in [9.17, 15) is 8.78 Å². The van der Waals surface area contributed by atoms with Gasteiger partial charge in [0.15, 0.2) is 0 Å². The highest BCUT2D eigenvalue weighted by Crippen LogP contribution is 2.41. The van der Waals surface area contributed by atoms with Gasteiger partial charge in [-0.15, -0.1) is 10.2 Å². The van der Waals surface area contributed by atoms with Crippen molar-refractivity contribution in [2.75, 3.05) is 0 Å². The van der Waals surface area contributed by atoms with Gasteiger partial charge in [-0.05, 0) is 17.7 Å². The smallest absolute Gasteiger partial charge is 0.313 e. The minimum absolute atomic E-state index is 0.324. The molecule has 1 atom stereocenters. The summed E-state index contributed by atoms with van der Waals surface area (Å²) < 4.78 is 30.7. The number of halogens is 3. The number of rotatable bonds is 3. The van der Waals surface area contributed by atoms with Gasteiger partial charge < -0.3 is 4.57 Å². The van der Waals surface area contributed by atoms with Crippen molar-refractivity contribution in [3.05, 3.63) is 46.5 Å². The molecule has 2 aromatic rings. The van der Waals surface area contributed by atoms with Crippen molar-refractivity contribution in [3.8, 4) is 0 Å². The Labute approximate surface area is 112 Å². The van der Waals surface area contributed by atoms with Crippen LogP contribution in [0.3, 0.4) is 0 Å². The zero-order valence-corrected chi connectivity index (χ0v) is 11.5. The summed E-state index contributed by atoms with van der Waals surface area (Å²) in [6.45, 7) is 1.48. The zero-order chi connectivity index (χ0) is 13.3. The lowest BCUT2D eigenvalue weighted by Crippen LogP contribution is -2.25. The van der Waals surface area contributed by atoms with Crippen LogP contribution in [0.15, 0.2) is 35.1 Å². The van der Waals surface area contributed by atoms with Crippen LogP contribution in [-0.2, 0) is 13.0 Å². The summed E-state index contributed by atoms with van der Waals surface area (Å²) in [5.74, 6) is -4.36. The molecule has 2 rings (SSSR count). The van der Waals surface area contributed by atoms with E-state index in [0.717, 1.165) is 4.47 Å². The summed E-state index contributed by atoms with van der Waals surface area (Å²) >= 11 is 3.28. The first kappa shape index (κ1) is 13.1. The second-order valence-corrected chi connectivity index (χ2v) is 5.08. The minimum Gasteiger partial charge on any atom is -0.316 e. The summed E-state index contributed by atoms with van der Waals surface area (Å²) in [5, 5.41) is 7.01. The molecule has 18 heavy (non-hydrogen) atoms.